The molecule has 0 radical (unpaired) electrons. The fourth-order valence-corrected chi connectivity index (χ4v) is 2.60. The van der Waals surface area contributed by atoms with Crippen molar-refractivity contribution in [3.63, 3.8) is 0 Å². The molecule has 0 aromatic heterocycles. The first-order chi connectivity index (χ1) is 9.52. The Hall–Kier alpha value is -0.780. The lowest BCUT2D eigenvalue weighted by atomic mass is 10.2. The van der Waals surface area contributed by atoms with E-state index in [2.05, 4.69) is 10.6 Å². The molecule has 0 saturated carbocycles. The van der Waals surface area contributed by atoms with Gasteiger partial charge in [0.25, 0.3) is 0 Å². The van der Waals surface area contributed by atoms with E-state index in [4.69, 9.17) is 0 Å². The molecule has 1 rings (SSSR count). The van der Waals surface area contributed by atoms with Crippen LogP contribution in [0.15, 0.2) is 29.2 Å². The molecule has 0 fully saturated rings. The van der Waals surface area contributed by atoms with Crippen molar-refractivity contribution in [3.05, 3.63) is 30.1 Å². The molecule has 3 nitrogen and oxygen atoms in total. The molecule has 2 N–H and O–H groups in total. The lowest BCUT2D eigenvalue weighted by molar-refractivity contribution is -0.123. The van der Waals surface area contributed by atoms with E-state index in [1.54, 1.807) is 23.9 Å². The largest absolute Gasteiger partial charge is 0.354 e. The van der Waals surface area contributed by atoms with Gasteiger partial charge in [-0.05, 0) is 37.7 Å². The number of likely N-dealkylation sites (N-methyl/N-ethyl adjacent to an activating group) is 1. The Morgan fingerprint density at radius 1 is 1.29 bits per heavy atom. The van der Waals surface area contributed by atoms with Crippen LogP contribution in [0.5, 0.6) is 0 Å². The van der Waals surface area contributed by atoms with E-state index in [-0.39, 0.29) is 36.1 Å². The minimum absolute atomic E-state index is 0. The molecule has 0 spiro atoms. The van der Waals surface area contributed by atoms with E-state index < -0.39 is 0 Å². The summed E-state index contributed by atoms with van der Waals surface area (Å²) in [6.45, 7) is 7.52. The van der Waals surface area contributed by atoms with E-state index in [0.29, 0.717) is 12.3 Å². The Kier molecular flexibility index (Phi) is 10.5. The average Bonchev–Trinajstić information content (AvgIpc) is 2.44. The highest BCUT2D eigenvalue weighted by atomic mass is 35.5. The molecule has 0 heterocycles. The first kappa shape index (κ1) is 20.2. The van der Waals surface area contributed by atoms with Gasteiger partial charge >= 0.3 is 0 Å². The predicted molar refractivity (Wildman–Crippen MR) is 89.7 cm³/mol. The lowest BCUT2D eigenvalue weighted by Crippen LogP contribution is -2.41. The van der Waals surface area contributed by atoms with Crippen molar-refractivity contribution in [2.45, 2.75) is 31.7 Å². The van der Waals surface area contributed by atoms with Crippen molar-refractivity contribution in [3.8, 4) is 0 Å². The van der Waals surface area contributed by atoms with Crippen molar-refractivity contribution in [2.75, 3.05) is 18.8 Å². The van der Waals surface area contributed by atoms with Gasteiger partial charge in [0.1, 0.15) is 5.82 Å². The second-order valence-corrected chi connectivity index (χ2v) is 5.96. The highest BCUT2D eigenvalue weighted by Crippen LogP contribution is 2.20. The molecule has 21 heavy (non-hydrogen) atoms. The SMILES string of the molecule is CCN[C@H](C)CNC(=O)C(C)CSc1ccc(F)cc1.Cl. The van der Waals surface area contributed by atoms with Gasteiger partial charge in [-0.15, -0.1) is 24.2 Å². The minimum atomic E-state index is -0.238. The first-order valence-electron chi connectivity index (χ1n) is 6.92. The summed E-state index contributed by atoms with van der Waals surface area (Å²) >= 11 is 1.57. The molecule has 0 aliphatic carbocycles. The van der Waals surface area contributed by atoms with Gasteiger partial charge in [0.2, 0.25) is 5.91 Å². The van der Waals surface area contributed by atoms with Crippen LogP contribution in [0.25, 0.3) is 0 Å². The van der Waals surface area contributed by atoms with Gasteiger partial charge in [-0.3, -0.25) is 4.79 Å². The summed E-state index contributed by atoms with van der Waals surface area (Å²) in [6, 6.07) is 6.62. The van der Waals surface area contributed by atoms with Gasteiger partial charge in [-0.25, -0.2) is 4.39 Å². The standard InChI is InChI=1S/C15H23FN2OS.ClH/c1-4-17-12(3)9-18-15(19)11(2)10-20-14-7-5-13(16)6-8-14;/h5-8,11-12,17H,4,9-10H2,1-3H3,(H,18,19);1H/t11?,12-;/m1./s1. The van der Waals surface area contributed by atoms with Gasteiger partial charge in [-0.2, -0.15) is 0 Å². The minimum Gasteiger partial charge on any atom is -0.354 e. The Labute approximate surface area is 136 Å². The molecule has 1 unspecified atom stereocenters. The highest BCUT2D eigenvalue weighted by molar-refractivity contribution is 7.99. The van der Waals surface area contributed by atoms with E-state index in [0.717, 1.165) is 11.4 Å². The third-order valence-corrected chi connectivity index (χ3v) is 4.17. The molecule has 1 amide bonds. The zero-order chi connectivity index (χ0) is 15.0. The second-order valence-electron chi connectivity index (χ2n) is 4.87. The van der Waals surface area contributed by atoms with Crippen LogP contribution < -0.4 is 10.6 Å². The van der Waals surface area contributed by atoms with E-state index >= 15 is 0 Å². The highest BCUT2D eigenvalue weighted by Gasteiger charge is 2.13. The summed E-state index contributed by atoms with van der Waals surface area (Å²) < 4.78 is 12.8. The Bertz CT molecular complexity index is 417. The molecular weight excluding hydrogens is 311 g/mol. The number of carbonyl (C=O) groups is 1. The van der Waals surface area contributed by atoms with Crippen LogP contribution in [-0.2, 0) is 4.79 Å². The molecule has 0 bridgehead atoms. The van der Waals surface area contributed by atoms with Crippen LogP contribution in [0.4, 0.5) is 4.39 Å². The zero-order valence-corrected chi connectivity index (χ0v) is 14.3. The summed E-state index contributed by atoms with van der Waals surface area (Å²) in [5, 5.41) is 6.19. The monoisotopic (exact) mass is 334 g/mol. The van der Waals surface area contributed by atoms with Crippen molar-refractivity contribution in [2.24, 2.45) is 5.92 Å². The Balaban J connectivity index is 0.00000400. The van der Waals surface area contributed by atoms with Gasteiger partial charge in [-0.1, -0.05) is 13.8 Å². The maximum atomic E-state index is 12.8. The van der Waals surface area contributed by atoms with Crippen molar-refractivity contribution in [1.82, 2.24) is 10.6 Å². The number of halogens is 2. The summed E-state index contributed by atoms with van der Waals surface area (Å²) in [7, 11) is 0. The van der Waals surface area contributed by atoms with Crippen LogP contribution in [0, 0.1) is 11.7 Å². The smallest absolute Gasteiger partial charge is 0.223 e. The topological polar surface area (TPSA) is 41.1 Å². The molecule has 1 aromatic rings. The van der Waals surface area contributed by atoms with Crippen LogP contribution >= 0.6 is 24.2 Å². The molecule has 0 aliphatic rings. The van der Waals surface area contributed by atoms with Crippen molar-refractivity contribution < 1.29 is 9.18 Å². The molecular formula is C15H24ClFN2OS. The van der Waals surface area contributed by atoms with Gasteiger partial charge < -0.3 is 10.6 Å². The number of nitrogens with one attached hydrogen (secondary N) is 2. The summed E-state index contributed by atoms with van der Waals surface area (Å²) in [5.41, 5.74) is 0. The van der Waals surface area contributed by atoms with Gasteiger partial charge in [0.05, 0.1) is 0 Å². The van der Waals surface area contributed by atoms with Crippen molar-refractivity contribution >= 4 is 30.1 Å². The summed E-state index contributed by atoms with van der Waals surface area (Å²) in [5.74, 6) is 0.438. The zero-order valence-electron chi connectivity index (χ0n) is 12.7. The van der Waals surface area contributed by atoms with E-state index in [1.807, 2.05) is 20.8 Å². The summed E-state index contributed by atoms with van der Waals surface area (Å²) in [6.07, 6.45) is 0. The summed E-state index contributed by atoms with van der Waals surface area (Å²) in [4.78, 5) is 12.9. The van der Waals surface area contributed by atoms with E-state index in [9.17, 15) is 9.18 Å². The number of thioether (sulfide) groups is 1. The third-order valence-electron chi connectivity index (χ3n) is 2.90. The number of rotatable bonds is 8. The molecule has 0 aliphatic heterocycles. The lowest BCUT2D eigenvalue weighted by Gasteiger charge is -2.16. The molecule has 6 heteroatoms. The van der Waals surface area contributed by atoms with Crippen LogP contribution in [0.1, 0.15) is 20.8 Å². The first-order valence-corrected chi connectivity index (χ1v) is 7.91. The maximum Gasteiger partial charge on any atom is 0.223 e. The fourth-order valence-electron chi connectivity index (χ4n) is 1.68. The number of benzene rings is 1. The second kappa shape index (κ2) is 10.9. The van der Waals surface area contributed by atoms with Crippen molar-refractivity contribution in [1.29, 1.82) is 0 Å². The fraction of sp³-hybridized carbons (Fsp3) is 0.533. The molecule has 2 atom stereocenters. The van der Waals surface area contributed by atoms with Crippen LogP contribution in [-0.4, -0.2) is 30.8 Å². The Morgan fingerprint density at radius 2 is 1.90 bits per heavy atom. The molecule has 120 valence electrons. The molecule has 1 aromatic carbocycles. The van der Waals surface area contributed by atoms with Crippen LogP contribution in [0.2, 0.25) is 0 Å². The maximum absolute atomic E-state index is 12.8. The number of hydrogen-bond donors (Lipinski definition) is 2. The van der Waals surface area contributed by atoms with Gasteiger partial charge in [0, 0.05) is 29.2 Å². The number of carbonyl (C=O) groups excluding carboxylic acids is 1. The average molecular weight is 335 g/mol. The number of hydrogen-bond acceptors (Lipinski definition) is 3. The van der Waals surface area contributed by atoms with E-state index in [1.165, 1.54) is 12.1 Å². The Morgan fingerprint density at radius 3 is 2.48 bits per heavy atom. The number of amides is 1. The van der Waals surface area contributed by atoms with Crippen LogP contribution in [0.3, 0.4) is 0 Å². The normalized spacial score (nSPS) is 13.1. The predicted octanol–water partition coefficient (Wildman–Crippen LogP) is 3.09. The molecule has 0 saturated heterocycles. The third kappa shape index (κ3) is 8.29. The quantitative estimate of drug-likeness (QED) is 0.718. The van der Waals surface area contributed by atoms with Gasteiger partial charge in [0.15, 0.2) is 0 Å².